The van der Waals surface area contributed by atoms with E-state index in [1.807, 2.05) is 25.1 Å². The molecule has 0 fully saturated rings. The van der Waals surface area contributed by atoms with Gasteiger partial charge in [-0.05, 0) is 56.0 Å². The van der Waals surface area contributed by atoms with E-state index in [0.717, 1.165) is 17.7 Å². The third-order valence-electron chi connectivity index (χ3n) is 2.93. The molecule has 0 aliphatic rings. The number of benzene rings is 1. The Balaban J connectivity index is 2.08. The summed E-state index contributed by atoms with van der Waals surface area (Å²) in [6.45, 7) is 6.08. The second-order valence-corrected chi connectivity index (χ2v) is 4.90. The summed E-state index contributed by atoms with van der Waals surface area (Å²) < 4.78 is 5.62. The number of aryl methyl sites for hydroxylation is 2. The van der Waals surface area contributed by atoms with Gasteiger partial charge in [0.25, 0.3) is 0 Å². The Morgan fingerprint density at radius 1 is 1.16 bits per heavy atom. The molecular weight excluding hydrogens is 238 g/mol. The molecule has 0 aliphatic heterocycles. The lowest BCUT2D eigenvalue weighted by atomic mass is 10.1. The molecule has 0 saturated heterocycles. The van der Waals surface area contributed by atoms with E-state index in [9.17, 15) is 0 Å². The quantitative estimate of drug-likeness (QED) is 0.915. The highest BCUT2D eigenvalue weighted by molar-refractivity contribution is 5.35. The first-order valence-corrected chi connectivity index (χ1v) is 6.36. The minimum atomic E-state index is 0.107. The molecule has 1 aromatic heterocycles. The molecule has 2 rings (SSSR count). The Morgan fingerprint density at radius 3 is 2.42 bits per heavy atom. The van der Waals surface area contributed by atoms with Crippen LogP contribution in [0.2, 0.25) is 0 Å². The number of ether oxygens (including phenoxy) is 1. The summed E-state index contributed by atoms with van der Waals surface area (Å²) in [6, 6.07) is 6.39. The van der Waals surface area contributed by atoms with Crippen molar-refractivity contribution in [3.05, 3.63) is 47.3 Å². The Labute approximate surface area is 113 Å². The highest BCUT2D eigenvalue weighted by atomic mass is 16.5. The van der Waals surface area contributed by atoms with E-state index >= 15 is 0 Å². The molecule has 0 radical (unpaired) electrons. The van der Waals surface area contributed by atoms with E-state index < -0.39 is 0 Å². The van der Waals surface area contributed by atoms with Crippen LogP contribution in [0.3, 0.4) is 0 Å². The summed E-state index contributed by atoms with van der Waals surface area (Å²) in [7, 11) is 0. The van der Waals surface area contributed by atoms with Crippen molar-refractivity contribution in [2.24, 2.45) is 5.73 Å². The standard InChI is InChI=1S/C15H19N3O/c1-10-4-5-14(6-11(10)2)19-15-17-8-13(9-18-15)7-12(3)16/h4-6,8-9,12H,7,16H2,1-3H3. The first-order valence-electron chi connectivity index (χ1n) is 6.36. The summed E-state index contributed by atoms with van der Waals surface area (Å²) >= 11 is 0. The van der Waals surface area contributed by atoms with Crippen molar-refractivity contribution in [1.82, 2.24) is 9.97 Å². The van der Waals surface area contributed by atoms with Crippen LogP contribution in [0, 0.1) is 13.8 Å². The summed E-state index contributed by atoms with van der Waals surface area (Å²) in [6.07, 6.45) is 4.28. The first-order chi connectivity index (χ1) is 9.04. The summed E-state index contributed by atoms with van der Waals surface area (Å²) in [5.41, 5.74) is 9.17. The van der Waals surface area contributed by atoms with E-state index in [1.165, 1.54) is 11.1 Å². The number of aromatic nitrogens is 2. The molecule has 0 spiro atoms. The van der Waals surface area contributed by atoms with Crippen molar-refractivity contribution in [2.75, 3.05) is 0 Å². The van der Waals surface area contributed by atoms with Crippen LogP contribution in [-0.4, -0.2) is 16.0 Å². The lowest BCUT2D eigenvalue weighted by molar-refractivity contribution is 0.440. The zero-order chi connectivity index (χ0) is 13.8. The lowest BCUT2D eigenvalue weighted by Gasteiger charge is -2.07. The molecule has 100 valence electrons. The van der Waals surface area contributed by atoms with Crippen molar-refractivity contribution in [1.29, 1.82) is 0 Å². The summed E-state index contributed by atoms with van der Waals surface area (Å²) in [5.74, 6) is 0.753. The number of nitrogens with zero attached hydrogens (tertiary/aromatic N) is 2. The van der Waals surface area contributed by atoms with E-state index in [4.69, 9.17) is 10.5 Å². The number of rotatable bonds is 4. The maximum Gasteiger partial charge on any atom is 0.321 e. The molecule has 1 unspecified atom stereocenters. The number of nitrogens with two attached hydrogens (primary N) is 1. The third kappa shape index (κ3) is 3.76. The van der Waals surface area contributed by atoms with Crippen LogP contribution in [0.4, 0.5) is 0 Å². The van der Waals surface area contributed by atoms with Crippen LogP contribution in [0.5, 0.6) is 11.8 Å². The van der Waals surface area contributed by atoms with Crippen molar-refractivity contribution in [2.45, 2.75) is 33.2 Å². The molecule has 1 aromatic carbocycles. The van der Waals surface area contributed by atoms with E-state index in [2.05, 4.69) is 23.8 Å². The Bertz CT molecular complexity index is 550. The fraction of sp³-hybridized carbons (Fsp3) is 0.333. The fourth-order valence-electron chi connectivity index (χ4n) is 1.76. The minimum absolute atomic E-state index is 0.107. The van der Waals surface area contributed by atoms with Gasteiger partial charge < -0.3 is 10.5 Å². The van der Waals surface area contributed by atoms with Gasteiger partial charge in [-0.1, -0.05) is 6.07 Å². The van der Waals surface area contributed by atoms with E-state index in [0.29, 0.717) is 6.01 Å². The molecule has 1 heterocycles. The molecule has 19 heavy (non-hydrogen) atoms. The summed E-state index contributed by atoms with van der Waals surface area (Å²) in [4.78, 5) is 8.38. The first kappa shape index (κ1) is 13.5. The van der Waals surface area contributed by atoms with Crippen molar-refractivity contribution >= 4 is 0 Å². The highest BCUT2D eigenvalue weighted by Crippen LogP contribution is 2.20. The van der Waals surface area contributed by atoms with Crippen LogP contribution in [-0.2, 0) is 6.42 Å². The second-order valence-electron chi connectivity index (χ2n) is 4.90. The molecule has 4 nitrogen and oxygen atoms in total. The predicted molar refractivity (Wildman–Crippen MR) is 75.4 cm³/mol. The fourth-order valence-corrected chi connectivity index (χ4v) is 1.76. The lowest BCUT2D eigenvalue weighted by Crippen LogP contribution is -2.17. The van der Waals surface area contributed by atoms with E-state index in [-0.39, 0.29) is 6.04 Å². The van der Waals surface area contributed by atoms with Gasteiger partial charge in [0.1, 0.15) is 5.75 Å². The van der Waals surface area contributed by atoms with Gasteiger partial charge in [0.05, 0.1) is 0 Å². The highest BCUT2D eigenvalue weighted by Gasteiger charge is 2.03. The Kier molecular flexibility index (Phi) is 4.12. The average Bonchev–Trinajstić information content (AvgIpc) is 2.36. The van der Waals surface area contributed by atoms with Crippen molar-refractivity contribution in [3.8, 4) is 11.8 Å². The SMILES string of the molecule is Cc1ccc(Oc2ncc(CC(C)N)cn2)cc1C. The number of hydrogen-bond donors (Lipinski definition) is 1. The largest absolute Gasteiger partial charge is 0.424 e. The topological polar surface area (TPSA) is 61.0 Å². The van der Waals surface area contributed by atoms with Crippen LogP contribution in [0.1, 0.15) is 23.6 Å². The molecule has 4 heteroatoms. The number of hydrogen-bond acceptors (Lipinski definition) is 4. The molecular formula is C15H19N3O. The maximum atomic E-state index is 5.73. The van der Waals surface area contributed by atoms with Gasteiger partial charge in [0.2, 0.25) is 0 Å². The smallest absolute Gasteiger partial charge is 0.321 e. The van der Waals surface area contributed by atoms with Gasteiger partial charge >= 0.3 is 6.01 Å². The van der Waals surface area contributed by atoms with Crippen LogP contribution >= 0.6 is 0 Å². The zero-order valence-electron chi connectivity index (χ0n) is 11.6. The Hall–Kier alpha value is -1.94. The molecule has 0 amide bonds. The molecule has 0 bridgehead atoms. The molecule has 1 atom stereocenters. The average molecular weight is 257 g/mol. The van der Waals surface area contributed by atoms with Gasteiger partial charge in [-0.15, -0.1) is 0 Å². The van der Waals surface area contributed by atoms with Gasteiger partial charge in [-0.25, -0.2) is 9.97 Å². The van der Waals surface area contributed by atoms with Crippen LogP contribution < -0.4 is 10.5 Å². The normalized spacial score (nSPS) is 12.2. The molecule has 2 N–H and O–H groups in total. The predicted octanol–water partition coefficient (Wildman–Crippen LogP) is 2.78. The zero-order valence-corrected chi connectivity index (χ0v) is 11.6. The third-order valence-corrected chi connectivity index (χ3v) is 2.93. The molecule has 2 aromatic rings. The van der Waals surface area contributed by atoms with Gasteiger partial charge in [-0.3, -0.25) is 0 Å². The molecule has 0 aliphatic carbocycles. The van der Waals surface area contributed by atoms with Gasteiger partial charge in [-0.2, -0.15) is 0 Å². The van der Waals surface area contributed by atoms with Gasteiger partial charge in [0.15, 0.2) is 0 Å². The van der Waals surface area contributed by atoms with Gasteiger partial charge in [0, 0.05) is 18.4 Å². The van der Waals surface area contributed by atoms with E-state index in [1.54, 1.807) is 12.4 Å². The van der Waals surface area contributed by atoms with Crippen LogP contribution in [0.25, 0.3) is 0 Å². The summed E-state index contributed by atoms with van der Waals surface area (Å²) in [5, 5.41) is 0. The van der Waals surface area contributed by atoms with Crippen molar-refractivity contribution in [3.63, 3.8) is 0 Å². The maximum absolute atomic E-state index is 5.73. The van der Waals surface area contributed by atoms with Crippen LogP contribution in [0.15, 0.2) is 30.6 Å². The minimum Gasteiger partial charge on any atom is -0.424 e. The second kappa shape index (κ2) is 5.80. The Morgan fingerprint density at radius 2 is 1.84 bits per heavy atom. The molecule has 0 saturated carbocycles. The van der Waals surface area contributed by atoms with Crippen molar-refractivity contribution < 1.29 is 4.74 Å². The monoisotopic (exact) mass is 257 g/mol.